The van der Waals surface area contributed by atoms with Crippen LogP contribution in [0.4, 0.5) is 4.39 Å². The Labute approximate surface area is 151 Å². The molecular formula is C19H22FN3O3. The minimum absolute atomic E-state index is 0.141. The number of likely N-dealkylation sites (tertiary alicyclic amines) is 1. The standard InChI is InChI=1S/C19H22FN3O3/c1-2-16(24)22-10-7-13(8-11-22)19(26)23-12-9-21-18(25)17(23)14-5-3-4-6-15(14)20/h2-6,13,17H,1,7-12H2,(H,21,25). The van der Waals surface area contributed by atoms with E-state index < -0.39 is 11.9 Å². The molecule has 6 nitrogen and oxygen atoms in total. The third-order valence-corrected chi connectivity index (χ3v) is 5.03. The topological polar surface area (TPSA) is 69.7 Å². The number of piperazine rings is 1. The molecule has 138 valence electrons. The second kappa shape index (κ2) is 7.68. The zero-order chi connectivity index (χ0) is 18.7. The van der Waals surface area contributed by atoms with E-state index >= 15 is 0 Å². The van der Waals surface area contributed by atoms with Crippen molar-refractivity contribution in [1.29, 1.82) is 0 Å². The van der Waals surface area contributed by atoms with Crippen LogP contribution in [0.25, 0.3) is 0 Å². The van der Waals surface area contributed by atoms with Crippen molar-refractivity contribution in [3.8, 4) is 0 Å². The first-order valence-corrected chi connectivity index (χ1v) is 8.77. The van der Waals surface area contributed by atoms with E-state index in [1.165, 1.54) is 23.1 Å². The van der Waals surface area contributed by atoms with Crippen LogP contribution >= 0.6 is 0 Å². The summed E-state index contributed by atoms with van der Waals surface area (Å²) in [7, 11) is 0. The minimum atomic E-state index is -0.953. The van der Waals surface area contributed by atoms with Gasteiger partial charge in [-0.2, -0.15) is 0 Å². The number of carbonyl (C=O) groups is 3. The van der Waals surface area contributed by atoms with E-state index in [2.05, 4.69) is 11.9 Å². The highest BCUT2D eigenvalue weighted by Gasteiger charge is 2.39. The number of carbonyl (C=O) groups excluding carboxylic acids is 3. The largest absolute Gasteiger partial charge is 0.352 e. The van der Waals surface area contributed by atoms with E-state index in [-0.39, 0.29) is 29.2 Å². The summed E-state index contributed by atoms with van der Waals surface area (Å²) < 4.78 is 14.2. The van der Waals surface area contributed by atoms with Gasteiger partial charge in [0.2, 0.25) is 17.7 Å². The highest BCUT2D eigenvalue weighted by Crippen LogP contribution is 2.29. The molecule has 1 atom stereocenters. The Balaban J connectivity index is 1.77. The summed E-state index contributed by atoms with van der Waals surface area (Å²) in [5, 5.41) is 2.71. The highest BCUT2D eigenvalue weighted by molar-refractivity contribution is 5.91. The molecule has 1 aromatic rings. The van der Waals surface area contributed by atoms with E-state index in [9.17, 15) is 18.8 Å². The third kappa shape index (κ3) is 3.47. The van der Waals surface area contributed by atoms with Crippen molar-refractivity contribution in [3.05, 3.63) is 48.3 Å². The fourth-order valence-electron chi connectivity index (χ4n) is 3.62. The van der Waals surface area contributed by atoms with Gasteiger partial charge in [-0.3, -0.25) is 14.4 Å². The molecule has 2 heterocycles. The average Bonchev–Trinajstić information content (AvgIpc) is 2.67. The van der Waals surface area contributed by atoms with Crippen LogP contribution in [0.3, 0.4) is 0 Å². The Morgan fingerprint density at radius 2 is 1.88 bits per heavy atom. The molecule has 3 amide bonds. The van der Waals surface area contributed by atoms with Crippen molar-refractivity contribution in [2.45, 2.75) is 18.9 Å². The van der Waals surface area contributed by atoms with Crippen LogP contribution in [0, 0.1) is 11.7 Å². The van der Waals surface area contributed by atoms with Crippen molar-refractivity contribution >= 4 is 17.7 Å². The van der Waals surface area contributed by atoms with Crippen LogP contribution in [0.5, 0.6) is 0 Å². The molecule has 2 saturated heterocycles. The Morgan fingerprint density at radius 1 is 1.19 bits per heavy atom. The second-order valence-electron chi connectivity index (χ2n) is 6.55. The Bertz CT molecular complexity index is 728. The molecule has 0 aliphatic carbocycles. The fraction of sp³-hybridized carbons (Fsp3) is 0.421. The Hall–Kier alpha value is -2.70. The van der Waals surface area contributed by atoms with Gasteiger partial charge in [-0.05, 0) is 25.0 Å². The molecule has 26 heavy (non-hydrogen) atoms. The molecular weight excluding hydrogens is 337 g/mol. The zero-order valence-electron chi connectivity index (χ0n) is 14.5. The molecule has 0 spiro atoms. The van der Waals surface area contributed by atoms with Crippen molar-refractivity contribution in [3.63, 3.8) is 0 Å². The lowest BCUT2D eigenvalue weighted by molar-refractivity contribution is -0.148. The number of piperidine rings is 1. The molecule has 3 rings (SSSR count). The third-order valence-electron chi connectivity index (χ3n) is 5.03. The van der Waals surface area contributed by atoms with Crippen molar-refractivity contribution in [2.24, 2.45) is 5.92 Å². The zero-order valence-corrected chi connectivity index (χ0v) is 14.5. The summed E-state index contributed by atoms with van der Waals surface area (Å²) in [5.74, 6) is -1.44. The predicted octanol–water partition coefficient (Wildman–Crippen LogP) is 1.25. The quantitative estimate of drug-likeness (QED) is 0.826. The number of benzene rings is 1. The summed E-state index contributed by atoms with van der Waals surface area (Å²) in [4.78, 5) is 40.2. The Morgan fingerprint density at radius 3 is 2.54 bits per heavy atom. The van der Waals surface area contributed by atoms with Gasteiger partial charge in [0.25, 0.3) is 0 Å². The lowest BCUT2D eigenvalue weighted by Crippen LogP contribution is -2.54. The normalized spacial score (nSPS) is 21.3. The number of hydrogen-bond donors (Lipinski definition) is 1. The lowest BCUT2D eigenvalue weighted by atomic mass is 9.92. The SMILES string of the molecule is C=CC(=O)N1CCC(C(=O)N2CCNC(=O)C2c2ccccc2F)CC1. The number of nitrogens with one attached hydrogen (secondary N) is 1. The molecule has 0 bridgehead atoms. The summed E-state index contributed by atoms with van der Waals surface area (Å²) >= 11 is 0. The minimum Gasteiger partial charge on any atom is -0.352 e. The first-order chi connectivity index (χ1) is 12.5. The molecule has 1 aromatic carbocycles. The van der Waals surface area contributed by atoms with Crippen LogP contribution in [-0.2, 0) is 14.4 Å². The highest BCUT2D eigenvalue weighted by atomic mass is 19.1. The molecule has 1 N–H and O–H groups in total. The first kappa shape index (κ1) is 18.1. The van der Waals surface area contributed by atoms with E-state index in [1.807, 2.05) is 0 Å². The van der Waals surface area contributed by atoms with Gasteiger partial charge < -0.3 is 15.1 Å². The van der Waals surface area contributed by atoms with E-state index in [4.69, 9.17) is 0 Å². The van der Waals surface area contributed by atoms with Gasteiger partial charge in [-0.1, -0.05) is 24.8 Å². The monoisotopic (exact) mass is 359 g/mol. The maximum atomic E-state index is 14.2. The average molecular weight is 359 g/mol. The molecule has 7 heteroatoms. The molecule has 2 aliphatic heterocycles. The summed E-state index contributed by atoms with van der Waals surface area (Å²) in [6.07, 6.45) is 2.33. The maximum absolute atomic E-state index is 14.2. The lowest BCUT2D eigenvalue weighted by Gasteiger charge is -2.39. The summed E-state index contributed by atoms with van der Waals surface area (Å²) in [6, 6.07) is 5.08. The molecule has 0 radical (unpaired) electrons. The van der Waals surface area contributed by atoms with Crippen LogP contribution in [0.2, 0.25) is 0 Å². The molecule has 0 aromatic heterocycles. The number of rotatable bonds is 3. The predicted molar refractivity (Wildman–Crippen MR) is 93.4 cm³/mol. The van der Waals surface area contributed by atoms with Crippen molar-refractivity contribution in [2.75, 3.05) is 26.2 Å². The van der Waals surface area contributed by atoms with Crippen LogP contribution < -0.4 is 5.32 Å². The van der Waals surface area contributed by atoms with Crippen molar-refractivity contribution < 1.29 is 18.8 Å². The van der Waals surface area contributed by atoms with Crippen LogP contribution in [0.1, 0.15) is 24.4 Å². The molecule has 0 saturated carbocycles. The first-order valence-electron chi connectivity index (χ1n) is 8.77. The van der Waals surface area contributed by atoms with Crippen LogP contribution in [-0.4, -0.2) is 53.7 Å². The summed E-state index contributed by atoms with van der Waals surface area (Å²) in [5.41, 5.74) is 0.206. The number of hydrogen-bond acceptors (Lipinski definition) is 3. The van der Waals surface area contributed by atoms with Gasteiger partial charge in [0, 0.05) is 37.7 Å². The number of nitrogens with zero attached hydrogens (tertiary/aromatic N) is 2. The number of amides is 3. The van der Waals surface area contributed by atoms with Gasteiger partial charge in [0.15, 0.2) is 0 Å². The van der Waals surface area contributed by atoms with Gasteiger partial charge in [0.05, 0.1) is 0 Å². The molecule has 2 fully saturated rings. The van der Waals surface area contributed by atoms with E-state index in [0.717, 1.165) is 0 Å². The maximum Gasteiger partial charge on any atom is 0.247 e. The van der Waals surface area contributed by atoms with Gasteiger partial charge >= 0.3 is 0 Å². The van der Waals surface area contributed by atoms with Crippen LogP contribution in [0.15, 0.2) is 36.9 Å². The smallest absolute Gasteiger partial charge is 0.247 e. The summed E-state index contributed by atoms with van der Waals surface area (Å²) in [6.45, 7) is 5.13. The molecule has 2 aliphatic rings. The fourth-order valence-corrected chi connectivity index (χ4v) is 3.62. The number of halogens is 1. The van der Waals surface area contributed by atoms with Gasteiger partial charge in [0.1, 0.15) is 11.9 Å². The van der Waals surface area contributed by atoms with Gasteiger partial charge in [-0.25, -0.2) is 4.39 Å². The second-order valence-corrected chi connectivity index (χ2v) is 6.55. The van der Waals surface area contributed by atoms with Gasteiger partial charge in [-0.15, -0.1) is 0 Å². The van der Waals surface area contributed by atoms with E-state index in [0.29, 0.717) is 39.0 Å². The Kier molecular flexibility index (Phi) is 5.35. The van der Waals surface area contributed by atoms with Crippen molar-refractivity contribution in [1.82, 2.24) is 15.1 Å². The van der Waals surface area contributed by atoms with E-state index in [1.54, 1.807) is 17.0 Å². The molecule has 1 unspecified atom stereocenters.